The quantitative estimate of drug-likeness (QED) is 0.643. The van der Waals surface area contributed by atoms with Crippen molar-refractivity contribution in [1.82, 2.24) is 10.2 Å². The Kier molecular flexibility index (Phi) is 3.34. The molecular formula is C9H20N2. The average molecular weight is 156 g/mol. The summed E-state index contributed by atoms with van der Waals surface area (Å²) in [6.07, 6.45) is 2.62. The molecule has 66 valence electrons. The second kappa shape index (κ2) is 4.07. The molecule has 0 aromatic heterocycles. The number of nitrogens with one attached hydrogen (secondary N) is 1. The Balaban J connectivity index is 2.28. The molecular weight excluding hydrogens is 136 g/mol. The van der Waals surface area contributed by atoms with Crippen molar-refractivity contribution in [3.05, 3.63) is 0 Å². The molecule has 0 aromatic rings. The van der Waals surface area contributed by atoms with Crippen LogP contribution >= 0.6 is 0 Å². The third kappa shape index (κ3) is 2.46. The van der Waals surface area contributed by atoms with Crippen LogP contribution in [0.3, 0.4) is 0 Å². The van der Waals surface area contributed by atoms with Gasteiger partial charge in [-0.2, -0.15) is 0 Å². The summed E-state index contributed by atoms with van der Waals surface area (Å²) in [6.45, 7) is 6.85. The molecule has 0 saturated carbocycles. The highest BCUT2D eigenvalue weighted by molar-refractivity contribution is 4.80. The molecule has 1 aliphatic heterocycles. The number of piperidine rings is 1. The lowest BCUT2D eigenvalue weighted by molar-refractivity contribution is 0.170. The largest absolute Gasteiger partial charge is 0.314 e. The molecule has 0 bridgehead atoms. The van der Waals surface area contributed by atoms with Crippen molar-refractivity contribution in [2.24, 2.45) is 0 Å². The summed E-state index contributed by atoms with van der Waals surface area (Å²) in [7, 11) is 2.22. The highest BCUT2D eigenvalue weighted by atomic mass is 15.1. The summed E-state index contributed by atoms with van der Waals surface area (Å²) >= 11 is 0. The Morgan fingerprint density at radius 1 is 1.55 bits per heavy atom. The summed E-state index contributed by atoms with van der Waals surface area (Å²) < 4.78 is 0. The minimum absolute atomic E-state index is 0.757. The smallest absolute Gasteiger partial charge is 0.00939 e. The van der Waals surface area contributed by atoms with Crippen molar-refractivity contribution in [1.29, 1.82) is 0 Å². The van der Waals surface area contributed by atoms with Gasteiger partial charge in [-0.05, 0) is 39.9 Å². The molecule has 2 atom stereocenters. The molecule has 2 unspecified atom stereocenters. The van der Waals surface area contributed by atoms with Gasteiger partial charge in [0.25, 0.3) is 0 Å². The lowest BCUT2D eigenvalue weighted by atomic mass is 9.99. The van der Waals surface area contributed by atoms with Crippen molar-refractivity contribution in [3.63, 3.8) is 0 Å². The van der Waals surface area contributed by atoms with Gasteiger partial charge in [-0.1, -0.05) is 6.92 Å². The van der Waals surface area contributed by atoms with Gasteiger partial charge in [-0.25, -0.2) is 0 Å². The van der Waals surface area contributed by atoms with E-state index in [2.05, 4.69) is 31.1 Å². The van der Waals surface area contributed by atoms with Crippen LogP contribution in [0.2, 0.25) is 0 Å². The number of hydrogen-bond acceptors (Lipinski definition) is 2. The minimum Gasteiger partial charge on any atom is -0.314 e. The molecule has 2 heteroatoms. The van der Waals surface area contributed by atoms with Gasteiger partial charge in [-0.3, -0.25) is 0 Å². The maximum Gasteiger partial charge on any atom is 0.00939 e. The van der Waals surface area contributed by atoms with Gasteiger partial charge in [-0.15, -0.1) is 0 Å². The highest BCUT2D eigenvalue weighted by Crippen LogP contribution is 2.14. The fourth-order valence-electron chi connectivity index (χ4n) is 1.76. The summed E-state index contributed by atoms with van der Waals surface area (Å²) in [5.74, 6) is 0. The molecule has 0 aliphatic carbocycles. The fourth-order valence-corrected chi connectivity index (χ4v) is 1.76. The number of likely N-dealkylation sites (tertiary alicyclic amines) is 1. The molecule has 1 fully saturated rings. The Morgan fingerprint density at radius 3 is 2.82 bits per heavy atom. The SMILES string of the molecule is CCNC1CCN(C)C(C)C1. The van der Waals surface area contributed by atoms with Gasteiger partial charge in [0, 0.05) is 12.1 Å². The van der Waals surface area contributed by atoms with Gasteiger partial charge in [0.15, 0.2) is 0 Å². The lowest BCUT2D eigenvalue weighted by Gasteiger charge is -2.35. The van der Waals surface area contributed by atoms with Crippen LogP contribution in [-0.4, -0.2) is 37.1 Å². The Labute approximate surface area is 70.0 Å². The predicted octanol–water partition coefficient (Wildman–Crippen LogP) is 1.08. The molecule has 11 heavy (non-hydrogen) atoms. The van der Waals surface area contributed by atoms with E-state index in [0.29, 0.717) is 0 Å². The monoisotopic (exact) mass is 156 g/mol. The summed E-state index contributed by atoms with van der Waals surface area (Å²) in [6, 6.07) is 1.53. The van der Waals surface area contributed by atoms with E-state index >= 15 is 0 Å². The van der Waals surface area contributed by atoms with Gasteiger partial charge in [0.2, 0.25) is 0 Å². The first-order chi connectivity index (χ1) is 5.24. The third-order valence-electron chi connectivity index (χ3n) is 2.70. The van der Waals surface area contributed by atoms with Crippen LogP contribution < -0.4 is 5.32 Å². The van der Waals surface area contributed by atoms with E-state index < -0.39 is 0 Å². The van der Waals surface area contributed by atoms with E-state index in [9.17, 15) is 0 Å². The van der Waals surface area contributed by atoms with E-state index in [-0.39, 0.29) is 0 Å². The van der Waals surface area contributed by atoms with Crippen LogP contribution in [0.5, 0.6) is 0 Å². The standard InChI is InChI=1S/C9H20N2/c1-4-10-9-5-6-11(3)8(2)7-9/h8-10H,4-7H2,1-3H3. The zero-order valence-electron chi connectivity index (χ0n) is 7.93. The number of nitrogens with zero attached hydrogens (tertiary/aromatic N) is 1. The van der Waals surface area contributed by atoms with E-state index in [0.717, 1.165) is 18.6 Å². The van der Waals surface area contributed by atoms with Gasteiger partial charge < -0.3 is 10.2 Å². The molecule has 1 saturated heterocycles. The van der Waals surface area contributed by atoms with E-state index in [1.165, 1.54) is 19.4 Å². The second-order valence-electron chi connectivity index (χ2n) is 3.61. The van der Waals surface area contributed by atoms with Crippen molar-refractivity contribution < 1.29 is 0 Å². The maximum atomic E-state index is 3.51. The number of hydrogen-bond donors (Lipinski definition) is 1. The zero-order valence-corrected chi connectivity index (χ0v) is 7.93. The summed E-state index contributed by atoms with van der Waals surface area (Å²) in [5.41, 5.74) is 0. The van der Waals surface area contributed by atoms with Gasteiger partial charge >= 0.3 is 0 Å². The van der Waals surface area contributed by atoms with Crippen molar-refractivity contribution in [3.8, 4) is 0 Å². The van der Waals surface area contributed by atoms with Crippen LogP contribution in [-0.2, 0) is 0 Å². The summed E-state index contributed by atoms with van der Waals surface area (Å²) in [4.78, 5) is 2.44. The predicted molar refractivity (Wildman–Crippen MR) is 48.8 cm³/mol. The maximum absolute atomic E-state index is 3.51. The van der Waals surface area contributed by atoms with Crippen LogP contribution in [0.1, 0.15) is 26.7 Å². The minimum atomic E-state index is 0.757. The first kappa shape index (κ1) is 9.01. The molecule has 1 aliphatic rings. The van der Waals surface area contributed by atoms with Gasteiger partial charge in [0.05, 0.1) is 0 Å². The fraction of sp³-hybridized carbons (Fsp3) is 1.00. The molecule has 0 spiro atoms. The Morgan fingerprint density at radius 2 is 2.27 bits per heavy atom. The first-order valence-corrected chi connectivity index (χ1v) is 4.67. The van der Waals surface area contributed by atoms with Gasteiger partial charge in [0.1, 0.15) is 0 Å². The normalized spacial score (nSPS) is 34.1. The van der Waals surface area contributed by atoms with Crippen molar-refractivity contribution in [2.45, 2.75) is 38.8 Å². The molecule has 0 radical (unpaired) electrons. The third-order valence-corrected chi connectivity index (χ3v) is 2.70. The Bertz CT molecular complexity index is 114. The van der Waals surface area contributed by atoms with Crippen molar-refractivity contribution in [2.75, 3.05) is 20.1 Å². The van der Waals surface area contributed by atoms with Crippen LogP contribution in [0.4, 0.5) is 0 Å². The van der Waals surface area contributed by atoms with E-state index in [1.807, 2.05) is 0 Å². The Hall–Kier alpha value is -0.0800. The molecule has 1 N–H and O–H groups in total. The topological polar surface area (TPSA) is 15.3 Å². The van der Waals surface area contributed by atoms with E-state index in [1.54, 1.807) is 0 Å². The average Bonchev–Trinajstić information content (AvgIpc) is 1.98. The van der Waals surface area contributed by atoms with Crippen LogP contribution in [0.25, 0.3) is 0 Å². The summed E-state index contributed by atoms with van der Waals surface area (Å²) in [5, 5.41) is 3.51. The molecule has 1 heterocycles. The van der Waals surface area contributed by atoms with E-state index in [4.69, 9.17) is 0 Å². The number of rotatable bonds is 2. The highest BCUT2D eigenvalue weighted by Gasteiger charge is 2.21. The molecule has 0 amide bonds. The van der Waals surface area contributed by atoms with Crippen LogP contribution in [0, 0.1) is 0 Å². The first-order valence-electron chi connectivity index (χ1n) is 4.67. The zero-order chi connectivity index (χ0) is 8.27. The molecule has 1 rings (SSSR count). The molecule has 0 aromatic carbocycles. The molecule has 2 nitrogen and oxygen atoms in total. The van der Waals surface area contributed by atoms with Crippen LogP contribution in [0.15, 0.2) is 0 Å². The van der Waals surface area contributed by atoms with Crippen molar-refractivity contribution >= 4 is 0 Å². The second-order valence-corrected chi connectivity index (χ2v) is 3.61. The lowest BCUT2D eigenvalue weighted by Crippen LogP contribution is -2.45.